The Morgan fingerprint density at radius 3 is 2.71 bits per heavy atom. The maximum absolute atomic E-state index is 13.3. The zero-order valence-electron chi connectivity index (χ0n) is 19.9. The lowest BCUT2D eigenvalue weighted by molar-refractivity contribution is -0.133. The number of piperidine rings is 1. The zero-order valence-corrected chi connectivity index (χ0v) is 19.9. The molecule has 4 aliphatic rings. The Morgan fingerprint density at radius 2 is 1.85 bits per heavy atom. The van der Waals surface area contributed by atoms with Crippen LogP contribution in [0.25, 0.3) is 0 Å². The number of nitrogens with zero attached hydrogens (tertiary/aromatic N) is 5. The van der Waals surface area contributed by atoms with Gasteiger partial charge in [0.15, 0.2) is 5.82 Å². The Kier molecular flexibility index (Phi) is 6.11. The van der Waals surface area contributed by atoms with Crippen molar-refractivity contribution in [2.45, 2.75) is 76.2 Å². The minimum absolute atomic E-state index is 0.143. The number of aromatic nitrogens is 4. The molecule has 0 aromatic carbocycles. The van der Waals surface area contributed by atoms with Gasteiger partial charge in [0.05, 0.1) is 5.69 Å². The van der Waals surface area contributed by atoms with E-state index in [4.69, 9.17) is 14.7 Å². The standard InChI is InChI=1S/C25H35N7O2/c33-24(31-11-2-1-3-12-31)21-8-5-13-32(21)25-26-19-7-4-6-18(19)23(28-25)27-22-16-20(29-30-22)17-9-14-34-15-10-17/h16-17,21H,1-15H2,(H2,26,27,28,29,30)/t21-/m0/s1. The number of H-pyrrole nitrogens is 1. The molecule has 0 unspecified atom stereocenters. The van der Waals surface area contributed by atoms with Crippen molar-refractivity contribution in [3.63, 3.8) is 0 Å². The number of rotatable bonds is 5. The van der Waals surface area contributed by atoms with Gasteiger partial charge in [0.2, 0.25) is 11.9 Å². The molecule has 3 aliphatic heterocycles. The third kappa shape index (κ3) is 4.26. The second-order valence-corrected chi connectivity index (χ2v) is 10.1. The number of amides is 1. The lowest BCUT2D eigenvalue weighted by Gasteiger charge is -2.32. The molecule has 0 spiro atoms. The summed E-state index contributed by atoms with van der Waals surface area (Å²) in [7, 11) is 0. The number of carbonyl (C=O) groups excluding carboxylic acids is 1. The Labute approximate surface area is 200 Å². The highest BCUT2D eigenvalue weighted by atomic mass is 16.5. The number of likely N-dealkylation sites (tertiary alicyclic amines) is 1. The van der Waals surface area contributed by atoms with Gasteiger partial charge < -0.3 is 19.9 Å². The van der Waals surface area contributed by atoms with Crippen molar-refractivity contribution in [1.29, 1.82) is 0 Å². The van der Waals surface area contributed by atoms with Crippen LogP contribution in [0.3, 0.4) is 0 Å². The summed E-state index contributed by atoms with van der Waals surface area (Å²) >= 11 is 0. The Morgan fingerprint density at radius 1 is 1.00 bits per heavy atom. The molecule has 6 rings (SSSR count). The lowest BCUT2D eigenvalue weighted by atomic mass is 9.97. The summed E-state index contributed by atoms with van der Waals surface area (Å²) in [5, 5.41) is 11.2. The van der Waals surface area contributed by atoms with Crippen LogP contribution in [-0.4, -0.2) is 69.9 Å². The molecule has 9 heteroatoms. The number of fused-ring (bicyclic) bond motifs is 1. The highest BCUT2D eigenvalue weighted by molar-refractivity contribution is 5.85. The summed E-state index contributed by atoms with van der Waals surface area (Å²) in [4.78, 5) is 27.5. The fraction of sp³-hybridized carbons (Fsp3) is 0.680. The van der Waals surface area contributed by atoms with Crippen LogP contribution >= 0.6 is 0 Å². The first-order valence-corrected chi connectivity index (χ1v) is 13.1. The number of anilines is 3. The molecule has 34 heavy (non-hydrogen) atoms. The molecule has 2 aromatic rings. The van der Waals surface area contributed by atoms with E-state index in [2.05, 4.69) is 31.4 Å². The Balaban J connectivity index is 1.24. The fourth-order valence-electron chi connectivity index (χ4n) is 5.98. The quantitative estimate of drug-likeness (QED) is 0.699. The van der Waals surface area contributed by atoms with E-state index in [1.807, 2.05) is 0 Å². The molecule has 2 aromatic heterocycles. The van der Waals surface area contributed by atoms with Crippen LogP contribution in [0.4, 0.5) is 17.6 Å². The van der Waals surface area contributed by atoms with E-state index in [0.717, 1.165) is 114 Å². The number of ether oxygens (including phenoxy) is 1. The Bertz CT molecular complexity index is 1030. The summed E-state index contributed by atoms with van der Waals surface area (Å²) in [6, 6.07) is 1.97. The number of aryl methyl sites for hydroxylation is 1. The van der Waals surface area contributed by atoms with E-state index in [0.29, 0.717) is 11.9 Å². The molecular formula is C25H35N7O2. The van der Waals surface area contributed by atoms with E-state index in [1.165, 1.54) is 12.0 Å². The van der Waals surface area contributed by atoms with Crippen molar-refractivity contribution in [1.82, 2.24) is 25.1 Å². The maximum Gasteiger partial charge on any atom is 0.245 e. The van der Waals surface area contributed by atoms with Gasteiger partial charge in [-0.25, -0.2) is 4.98 Å². The van der Waals surface area contributed by atoms with Gasteiger partial charge in [-0.3, -0.25) is 9.89 Å². The third-order valence-corrected chi connectivity index (χ3v) is 7.89. The molecule has 1 atom stereocenters. The fourth-order valence-corrected chi connectivity index (χ4v) is 5.98. The average Bonchev–Trinajstić information content (AvgIpc) is 3.65. The van der Waals surface area contributed by atoms with E-state index in [-0.39, 0.29) is 11.9 Å². The molecule has 0 radical (unpaired) electrons. The molecule has 1 amide bonds. The van der Waals surface area contributed by atoms with E-state index in [1.54, 1.807) is 0 Å². The molecule has 9 nitrogen and oxygen atoms in total. The molecule has 0 saturated carbocycles. The van der Waals surface area contributed by atoms with E-state index in [9.17, 15) is 4.79 Å². The lowest BCUT2D eigenvalue weighted by Crippen LogP contribution is -2.48. The van der Waals surface area contributed by atoms with Crippen LogP contribution in [-0.2, 0) is 22.4 Å². The smallest absolute Gasteiger partial charge is 0.245 e. The maximum atomic E-state index is 13.3. The topological polar surface area (TPSA) is 99.3 Å². The van der Waals surface area contributed by atoms with Crippen molar-refractivity contribution in [2.75, 3.05) is 43.1 Å². The van der Waals surface area contributed by atoms with Gasteiger partial charge in [-0.15, -0.1) is 0 Å². The monoisotopic (exact) mass is 465 g/mol. The highest BCUT2D eigenvalue weighted by Crippen LogP contribution is 2.34. The second-order valence-electron chi connectivity index (χ2n) is 10.1. The summed E-state index contributed by atoms with van der Waals surface area (Å²) in [6.07, 6.45) is 10.4. The second kappa shape index (κ2) is 9.52. The minimum atomic E-state index is -0.143. The third-order valence-electron chi connectivity index (χ3n) is 7.89. The largest absolute Gasteiger partial charge is 0.381 e. The van der Waals surface area contributed by atoms with Crippen molar-refractivity contribution < 1.29 is 9.53 Å². The van der Waals surface area contributed by atoms with Crippen LogP contribution in [0.1, 0.15) is 74.2 Å². The van der Waals surface area contributed by atoms with Gasteiger partial charge in [0, 0.05) is 56.1 Å². The van der Waals surface area contributed by atoms with Crippen molar-refractivity contribution in [2.24, 2.45) is 0 Å². The number of nitrogens with one attached hydrogen (secondary N) is 2. The SMILES string of the molecule is O=C([C@@H]1CCCN1c1nc2c(c(Nc3cc(C4CCOCC4)[nH]n3)n1)CCC2)N1CCCCC1. The summed E-state index contributed by atoms with van der Waals surface area (Å²) < 4.78 is 5.50. The van der Waals surface area contributed by atoms with Crippen LogP contribution in [0.5, 0.6) is 0 Å². The van der Waals surface area contributed by atoms with Gasteiger partial charge in [-0.05, 0) is 64.2 Å². The average molecular weight is 466 g/mol. The molecular weight excluding hydrogens is 430 g/mol. The van der Waals surface area contributed by atoms with Crippen LogP contribution < -0.4 is 10.2 Å². The van der Waals surface area contributed by atoms with Gasteiger partial charge in [-0.1, -0.05) is 0 Å². The first-order valence-electron chi connectivity index (χ1n) is 13.1. The van der Waals surface area contributed by atoms with Gasteiger partial charge >= 0.3 is 0 Å². The summed E-state index contributed by atoms with van der Waals surface area (Å²) in [5.74, 6) is 3.05. The zero-order chi connectivity index (χ0) is 22.9. The molecule has 3 fully saturated rings. The van der Waals surface area contributed by atoms with Crippen molar-refractivity contribution >= 4 is 23.5 Å². The van der Waals surface area contributed by atoms with Crippen molar-refractivity contribution in [3.05, 3.63) is 23.0 Å². The number of hydrogen-bond acceptors (Lipinski definition) is 7. The predicted octanol–water partition coefficient (Wildman–Crippen LogP) is 3.31. The normalized spacial score (nSPS) is 23.4. The first kappa shape index (κ1) is 21.8. The van der Waals surface area contributed by atoms with E-state index < -0.39 is 0 Å². The van der Waals surface area contributed by atoms with Gasteiger partial charge in [0.25, 0.3) is 0 Å². The molecule has 2 N–H and O–H groups in total. The number of hydrogen-bond donors (Lipinski definition) is 2. The van der Waals surface area contributed by atoms with Crippen LogP contribution in [0, 0.1) is 0 Å². The summed E-state index contributed by atoms with van der Waals surface area (Å²) in [6.45, 7) is 4.22. The Hall–Kier alpha value is -2.68. The summed E-state index contributed by atoms with van der Waals surface area (Å²) in [5.41, 5.74) is 3.46. The van der Waals surface area contributed by atoms with Crippen LogP contribution in [0.15, 0.2) is 6.07 Å². The van der Waals surface area contributed by atoms with Gasteiger partial charge in [0.1, 0.15) is 11.9 Å². The van der Waals surface area contributed by atoms with Gasteiger partial charge in [-0.2, -0.15) is 10.1 Å². The predicted molar refractivity (Wildman–Crippen MR) is 130 cm³/mol. The van der Waals surface area contributed by atoms with E-state index >= 15 is 0 Å². The minimum Gasteiger partial charge on any atom is -0.381 e. The molecule has 5 heterocycles. The molecule has 3 saturated heterocycles. The molecule has 1 aliphatic carbocycles. The molecule has 0 bridgehead atoms. The van der Waals surface area contributed by atoms with Crippen molar-refractivity contribution in [3.8, 4) is 0 Å². The molecule has 182 valence electrons. The first-order chi connectivity index (χ1) is 16.8. The number of carbonyl (C=O) groups is 1. The van der Waals surface area contributed by atoms with Crippen LogP contribution in [0.2, 0.25) is 0 Å². The highest BCUT2D eigenvalue weighted by Gasteiger charge is 2.36. The number of aromatic amines is 1.